The van der Waals surface area contributed by atoms with Crippen molar-refractivity contribution >= 4 is 35.5 Å². The lowest BCUT2D eigenvalue weighted by atomic mass is 10.2. The van der Waals surface area contributed by atoms with Gasteiger partial charge in [0.25, 0.3) is 0 Å². The predicted molar refractivity (Wildman–Crippen MR) is 113 cm³/mol. The number of aldehydes is 1. The Hall–Kier alpha value is -3.49. The average Bonchev–Trinajstić information content (AvgIpc) is 3.17. The number of anilines is 2. The molecule has 1 aliphatic heterocycles. The second-order valence-corrected chi connectivity index (χ2v) is 6.86. The van der Waals surface area contributed by atoms with Crippen LogP contribution in [0.15, 0.2) is 35.6 Å². The van der Waals surface area contributed by atoms with Gasteiger partial charge in [-0.15, -0.1) is 0 Å². The monoisotopic (exact) mass is 411 g/mol. The Labute approximate surface area is 174 Å². The number of unbranched alkanes of at least 4 members (excludes halogenated alkanes) is 1. The average molecular weight is 411 g/mol. The Bertz CT molecular complexity index is 949. The van der Waals surface area contributed by atoms with Crippen molar-refractivity contribution in [1.29, 1.82) is 0 Å². The minimum absolute atomic E-state index is 0.217. The Balaban J connectivity index is 1.64. The van der Waals surface area contributed by atoms with Crippen LogP contribution in [0.25, 0.3) is 0 Å². The molecule has 1 amide bonds. The highest BCUT2D eigenvalue weighted by Gasteiger charge is 2.23. The molecule has 2 N–H and O–H groups in total. The summed E-state index contributed by atoms with van der Waals surface area (Å²) in [5.74, 6) is 0.913. The molecular weight excluding hydrogens is 386 g/mol. The molecule has 0 spiro atoms. The van der Waals surface area contributed by atoms with Crippen molar-refractivity contribution in [3.8, 4) is 0 Å². The lowest BCUT2D eigenvalue weighted by Crippen LogP contribution is -2.27. The molecule has 3 rings (SSSR count). The van der Waals surface area contributed by atoms with Gasteiger partial charge >= 0.3 is 5.97 Å². The number of esters is 1. The van der Waals surface area contributed by atoms with Gasteiger partial charge in [-0.3, -0.25) is 9.79 Å². The number of nitrogens with zero attached hydrogens (tertiary/aromatic N) is 3. The molecular formula is C21H25N5O4. The van der Waals surface area contributed by atoms with Crippen LogP contribution >= 0.6 is 0 Å². The second-order valence-electron chi connectivity index (χ2n) is 6.86. The SMILES string of the molecule is CCOC(=O)c1ccc(NC(=O)C(C)n2cnc3c2NC(CCCC=O)=NC3)cc1. The summed E-state index contributed by atoms with van der Waals surface area (Å²) in [6.45, 7) is 4.28. The fourth-order valence-corrected chi connectivity index (χ4v) is 3.06. The van der Waals surface area contributed by atoms with E-state index in [1.165, 1.54) is 0 Å². The molecule has 0 bridgehead atoms. The number of aromatic nitrogens is 2. The minimum atomic E-state index is -0.521. The standard InChI is InChI=1S/C21H25N5O4/c1-3-30-21(29)15-7-9-16(10-8-15)24-20(28)14(2)26-13-23-17-12-22-18(25-19(17)26)6-4-5-11-27/h7-11,13-14H,3-6,12H2,1-2H3,(H,22,25)(H,24,28). The van der Waals surface area contributed by atoms with Crippen LogP contribution < -0.4 is 10.6 Å². The number of rotatable bonds is 9. The number of nitrogens with one attached hydrogen (secondary N) is 2. The molecule has 1 aromatic carbocycles. The summed E-state index contributed by atoms with van der Waals surface area (Å²) in [5.41, 5.74) is 1.78. The van der Waals surface area contributed by atoms with Gasteiger partial charge in [0.15, 0.2) is 0 Å². The van der Waals surface area contributed by atoms with Crippen LogP contribution in [-0.4, -0.2) is 40.2 Å². The number of imidazole rings is 1. The summed E-state index contributed by atoms with van der Waals surface area (Å²) in [5, 5.41) is 6.09. The van der Waals surface area contributed by atoms with Crippen LogP contribution in [-0.2, 0) is 20.9 Å². The van der Waals surface area contributed by atoms with E-state index in [1.807, 2.05) is 0 Å². The number of hydrogen-bond acceptors (Lipinski definition) is 7. The van der Waals surface area contributed by atoms with Gasteiger partial charge in [0.2, 0.25) is 5.91 Å². The molecule has 0 saturated carbocycles. The molecule has 2 heterocycles. The Kier molecular flexibility index (Phi) is 6.95. The first-order chi connectivity index (χ1) is 14.5. The smallest absolute Gasteiger partial charge is 0.338 e. The van der Waals surface area contributed by atoms with Gasteiger partial charge in [0, 0.05) is 18.5 Å². The number of carbonyl (C=O) groups excluding carboxylic acids is 3. The number of aliphatic imine (C=N–C) groups is 1. The maximum absolute atomic E-state index is 12.8. The van der Waals surface area contributed by atoms with Gasteiger partial charge < -0.3 is 24.7 Å². The fraction of sp³-hybridized carbons (Fsp3) is 0.381. The van der Waals surface area contributed by atoms with Gasteiger partial charge in [-0.2, -0.15) is 0 Å². The third-order valence-electron chi connectivity index (χ3n) is 4.75. The first kappa shape index (κ1) is 21.2. The van der Waals surface area contributed by atoms with Crippen LogP contribution in [0.1, 0.15) is 55.2 Å². The van der Waals surface area contributed by atoms with E-state index in [4.69, 9.17) is 4.74 Å². The van der Waals surface area contributed by atoms with Crippen LogP contribution in [0.4, 0.5) is 11.5 Å². The van der Waals surface area contributed by atoms with E-state index >= 15 is 0 Å². The number of hydrogen-bond donors (Lipinski definition) is 2. The van der Waals surface area contributed by atoms with Gasteiger partial charge in [-0.25, -0.2) is 9.78 Å². The van der Waals surface area contributed by atoms with Crippen molar-refractivity contribution in [2.24, 2.45) is 4.99 Å². The summed E-state index contributed by atoms with van der Waals surface area (Å²) in [6, 6.07) is 6.03. The Morgan fingerprint density at radius 2 is 2.10 bits per heavy atom. The van der Waals surface area contributed by atoms with Crippen LogP contribution in [0.5, 0.6) is 0 Å². The molecule has 2 aromatic rings. The largest absolute Gasteiger partial charge is 0.462 e. The molecule has 1 unspecified atom stereocenters. The summed E-state index contributed by atoms with van der Waals surface area (Å²) >= 11 is 0. The van der Waals surface area contributed by atoms with E-state index in [0.717, 1.165) is 30.1 Å². The predicted octanol–water partition coefficient (Wildman–Crippen LogP) is 2.95. The summed E-state index contributed by atoms with van der Waals surface area (Å²) < 4.78 is 6.73. The van der Waals surface area contributed by atoms with Crippen molar-refractivity contribution in [2.45, 2.75) is 45.7 Å². The van der Waals surface area contributed by atoms with E-state index in [1.54, 1.807) is 49.0 Å². The molecule has 0 saturated heterocycles. The van der Waals surface area contributed by atoms with Gasteiger partial charge in [0.05, 0.1) is 25.0 Å². The normalized spacial score (nSPS) is 13.5. The number of amidine groups is 1. The summed E-state index contributed by atoms with van der Waals surface area (Å²) in [7, 11) is 0. The maximum Gasteiger partial charge on any atom is 0.338 e. The number of carbonyl (C=O) groups is 3. The van der Waals surface area contributed by atoms with Crippen molar-refractivity contribution in [3.63, 3.8) is 0 Å². The third kappa shape index (κ3) is 4.91. The molecule has 158 valence electrons. The molecule has 9 heteroatoms. The number of fused-ring (bicyclic) bond motifs is 1. The van der Waals surface area contributed by atoms with E-state index in [9.17, 15) is 14.4 Å². The quantitative estimate of drug-likeness (QED) is 0.372. The lowest BCUT2D eigenvalue weighted by Gasteiger charge is -2.21. The Morgan fingerprint density at radius 3 is 2.80 bits per heavy atom. The zero-order valence-electron chi connectivity index (χ0n) is 17.1. The molecule has 9 nitrogen and oxygen atoms in total. The molecule has 30 heavy (non-hydrogen) atoms. The fourth-order valence-electron chi connectivity index (χ4n) is 3.06. The first-order valence-electron chi connectivity index (χ1n) is 9.91. The van der Waals surface area contributed by atoms with E-state index in [-0.39, 0.29) is 5.91 Å². The molecule has 0 radical (unpaired) electrons. The zero-order valence-corrected chi connectivity index (χ0v) is 17.1. The summed E-state index contributed by atoms with van der Waals surface area (Å²) in [4.78, 5) is 43.8. The van der Waals surface area contributed by atoms with Crippen LogP contribution in [0, 0.1) is 0 Å². The van der Waals surface area contributed by atoms with Crippen molar-refractivity contribution < 1.29 is 19.1 Å². The highest BCUT2D eigenvalue weighted by Crippen LogP contribution is 2.25. The van der Waals surface area contributed by atoms with Gasteiger partial charge in [-0.05, 0) is 44.5 Å². The molecule has 1 atom stereocenters. The zero-order chi connectivity index (χ0) is 21.5. The molecule has 0 aliphatic carbocycles. The highest BCUT2D eigenvalue weighted by atomic mass is 16.5. The van der Waals surface area contributed by atoms with Crippen molar-refractivity contribution in [2.75, 3.05) is 17.2 Å². The first-order valence-corrected chi connectivity index (χ1v) is 9.91. The number of amides is 1. The highest BCUT2D eigenvalue weighted by molar-refractivity contribution is 5.98. The van der Waals surface area contributed by atoms with E-state index in [0.29, 0.717) is 37.2 Å². The summed E-state index contributed by atoms with van der Waals surface area (Å²) in [6.07, 6.45) is 4.38. The van der Waals surface area contributed by atoms with Crippen molar-refractivity contribution in [3.05, 3.63) is 41.9 Å². The van der Waals surface area contributed by atoms with Crippen LogP contribution in [0.3, 0.4) is 0 Å². The third-order valence-corrected chi connectivity index (χ3v) is 4.75. The van der Waals surface area contributed by atoms with E-state index in [2.05, 4.69) is 20.6 Å². The molecule has 1 aliphatic rings. The van der Waals surface area contributed by atoms with Crippen molar-refractivity contribution in [1.82, 2.24) is 9.55 Å². The lowest BCUT2D eigenvalue weighted by molar-refractivity contribution is -0.118. The maximum atomic E-state index is 12.8. The Morgan fingerprint density at radius 1 is 1.33 bits per heavy atom. The van der Waals surface area contributed by atoms with E-state index < -0.39 is 12.0 Å². The van der Waals surface area contributed by atoms with Gasteiger partial charge in [0.1, 0.15) is 29.7 Å². The minimum Gasteiger partial charge on any atom is -0.462 e. The number of ether oxygens (including phenoxy) is 1. The molecule has 1 aromatic heterocycles. The topological polar surface area (TPSA) is 115 Å². The van der Waals surface area contributed by atoms with Gasteiger partial charge in [-0.1, -0.05) is 0 Å². The van der Waals surface area contributed by atoms with Crippen LogP contribution in [0.2, 0.25) is 0 Å². The second kappa shape index (κ2) is 9.82. The molecule has 0 fully saturated rings. The number of benzene rings is 1.